The average Bonchev–Trinajstić information content (AvgIpc) is 3.11. The number of rotatable bonds is 5. The monoisotopic (exact) mass is 346 g/mol. The fraction of sp³-hybridized carbons (Fsp3) is 0.353. The molecule has 1 saturated heterocycles. The molecule has 1 fully saturated rings. The molecule has 3 rings (SSSR count). The van der Waals surface area contributed by atoms with Crippen molar-refractivity contribution in [1.29, 1.82) is 0 Å². The molecular formula is C17H18N2O4S. The first-order valence-corrected chi connectivity index (χ1v) is 8.37. The third-order valence-corrected chi connectivity index (χ3v) is 4.90. The first kappa shape index (κ1) is 16.4. The van der Waals surface area contributed by atoms with Crippen molar-refractivity contribution in [1.82, 2.24) is 9.88 Å². The van der Waals surface area contributed by atoms with Crippen LogP contribution in [0, 0.1) is 6.92 Å². The number of ether oxygens (including phenoxy) is 2. The van der Waals surface area contributed by atoms with Crippen LogP contribution in [0.1, 0.15) is 22.7 Å². The number of likely N-dealkylation sites (tertiary alicyclic amines) is 1. The predicted molar refractivity (Wildman–Crippen MR) is 90.2 cm³/mol. The van der Waals surface area contributed by atoms with Crippen LogP contribution in [0.4, 0.5) is 0 Å². The first-order chi connectivity index (χ1) is 11.5. The topological polar surface area (TPSA) is 68.7 Å². The Balaban J connectivity index is 1.89. The quantitative estimate of drug-likeness (QED) is 0.779. The van der Waals surface area contributed by atoms with Gasteiger partial charge in [-0.3, -0.25) is 14.5 Å². The van der Waals surface area contributed by atoms with E-state index in [0.717, 1.165) is 21.1 Å². The zero-order chi connectivity index (χ0) is 17.3. The number of carbonyl (C=O) groups excluding carboxylic acids is 2. The van der Waals surface area contributed by atoms with Gasteiger partial charge in [0.1, 0.15) is 5.01 Å². The van der Waals surface area contributed by atoms with Crippen molar-refractivity contribution in [3.05, 3.63) is 28.1 Å². The van der Waals surface area contributed by atoms with Crippen LogP contribution in [0.25, 0.3) is 11.3 Å². The minimum atomic E-state index is -0.125. The highest BCUT2D eigenvalue weighted by atomic mass is 32.1. The third kappa shape index (κ3) is 2.99. The van der Waals surface area contributed by atoms with E-state index in [0.29, 0.717) is 24.3 Å². The summed E-state index contributed by atoms with van der Waals surface area (Å²) >= 11 is 1.49. The molecule has 0 saturated carbocycles. The lowest BCUT2D eigenvalue weighted by atomic mass is 10.1. The number of amides is 2. The van der Waals surface area contributed by atoms with Crippen molar-refractivity contribution in [2.24, 2.45) is 0 Å². The Bertz CT molecular complexity index is 784. The molecule has 7 heteroatoms. The van der Waals surface area contributed by atoms with Gasteiger partial charge in [-0.1, -0.05) is 0 Å². The average molecular weight is 346 g/mol. The number of aromatic nitrogens is 1. The van der Waals surface area contributed by atoms with E-state index in [1.807, 2.05) is 25.1 Å². The molecule has 0 atom stereocenters. The summed E-state index contributed by atoms with van der Waals surface area (Å²) in [5.41, 5.74) is 1.74. The molecule has 0 radical (unpaired) electrons. The second kappa shape index (κ2) is 6.60. The Kier molecular flexibility index (Phi) is 4.53. The van der Waals surface area contributed by atoms with Gasteiger partial charge in [0.15, 0.2) is 11.5 Å². The van der Waals surface area contributed by atoms with Crippen LogP contribution in [-0.2, 0) is 16.1 Å². The summed E-state index contributed by atoms with van der Waals surface area (Å²) in [6.45, 7) is 2.22. The number of hydrogen-bond donors (Lipinski definition) is 0. The van der Waals surface area contributed by atoms with Gasteiger partial charge in [-0.15, -0.1) is 11.3 Å². The van der Waals surface area contributed by atoms with Crippen LogP contribution in [0.3, 0.4) is 0 Å². The zero-order valence-electron chi connectivity index (χ0n) is 13.8. The van der Waals surface area contributed by atoms with Gasteiger partial charge in [-0.2, -0.15) is 0 Å². The molecule has 0 unspecified atom stereocenters. The predicted octanol–water partition coefficient (Wildman–Crippen LogP) is 2.78. The summed E-state index contributed by atoms with van der Waals surface area (Å²) in [6, 6.07) is 5.62. The minimum Gasteiger partial charge on any atom is -0.493 e. The second-order valence-electron chi connectivity index (χ2n) is 5.46. The summed E-state index contributed by atoms with van der Waals surface area (Å²) in [7, 11) is 3.18. The molecule has 126 valence electrons. The maximum Gasteiger partial charge on any atom is 0.230 e. The zero-order valence-corrected chi connectivity index (χ0v) is 14.6. The molecule has 0 spiro atoms. The Morgan fingerprint density at radius 3 is 2.42 bits per heavy atom. The fourth-order valence-corrected chi connectivity index (χ4v) is 3.65. The minimum absolute atomic E-state index is 0.125. The van der Waals surface area contributed by atoms with E-state index in [1.54, 1.807) is 14.2 Å². The lowest BCUT2D eigenvalue weighted by Gasteiger charge is -2.11. The molecule has 0 bridgehead atoms. The van der Waals surface area contributed by atoms with Gasteiger partial charge in [0.2, 0.25) is 11.8 Å². The van der Waals surface area contributed by atoms with Crippen LogP contribution in [-0.4, -0.2) is 35.9 Å². The number of aryl methyl sites for hydroxylation is 1. The molecule has 1 aliphatic rings. The van der Waals surface area contributed by atoms with Crippen molar-refractivity contribution in [3.63, 3.8) is 0 Å². The highest BCUT2D eigenvalue weighted by Crippen LogP contribution is 2.35. The summed E-state index contributed by atoms with van der Waals surface area (Å²) in [6.07, 6.45) is 0.595. The molecule has 24 heavy (non-hydrogen) atoms. The number of methoxy groups -OCH3 is 2. The summed E-state index contributed by atoms with van der Waals surface area (Å²) in [5, 5.41) is 0.751. The number of imide groups is 1. The maximum atomic E-state index is 11.8. The number of nitrogens with zero attached hydrogens (tertiary/aromatic N) is 2. The largest absolute Gasteiger partial charge is 0.493 e. The van der Waals surface area contributed by atoms with Crippen LogP contribution in [0.15, 0.2) is 18.2 Å². The highest BCUT2D eigenvalue weighted by Gasteiger charge is 2.29. The molecule has 2 amide bonds. The van der Waals surface area contributed by atoms with Crippen molar-refractivity contribution in [2.45, 2.75) is 26.3 Å². The van der Waals surface area contributed by atoms with E-state index in [-0.39, 0.29) is 18.4 Å². The first-order valence-electron chi connectivity index (χ1n) is 7.55. The van der Waals surface area contributed by atoms with Gasteiger partial charge >= 0.3 is 0 Å². The van der Waals surface area contributed by atoms with E-state index in [9.17, 15) is 9.59 Å². The lowest BCUT2D eigenvalue weighted by Crippen LogP contribution is -2.28. The second-order valence-corrected chi connectivity index (χ2v) is 6.74. The van der Waals surface area contributed by atoms with Gasteiger partial charge in [0.05, 0.1) is 26.5 Å². The highest BCUT2D eigenvalue weighted by molar-refractivity contribution is 7.12. The molecule has 2 aromatic rings. The van der Waals surface area contributed by atoms with Crippen LogP contribution < -0.4 is 9.47 Å². The smallest absolute Gasteiger partial charge is 0.230 e. The van der Waals surface area contributed by atoms with E-state index in [2.05, 4.69) is 4.98 Å². The standard InChI is InChI=1S/C17H18N2O4S/c1-10-17(11-4-5-12(22-2)13(8-11)23-3)18-14(24-10)9-19-15(20)6-7-16(19)21/h4-5,8H,6-7,9H2,1-3H3. The van der Waals surface area contributed by atoms with E-state index >= 15 is 0 Å². The van der Waals surface area contributed by atoms with Gasteiger partial charge < -0.3 is 9.47 Å². The summed E-state index contributed by atoms with van der Waals surface area (Å²) in [4.78, 5) is 30.4. The third-order valence-electron chi connectivity index (χ3n) is 3.95. The Morgan fingerprint density at radius 1 is 1.12 bits per heavy atom. The molecule has 1 aromatic heterocycles. The Labute approximate surface area is 144 Å². The maximum absolute atomic E-state index is 11.8. The summed E-state index contributed by atoms with van der Waals surface area (Å²) < 4.78 is 10.6. The van der Waals surface area contributed by atoms with Gasteiger partial charge in [0, 0.05) is 23.3 Å². The van der Waals surface area contributed by atoms with Crippen molar-refractivity contribution in [3.8, 4) is 22.8 Å². The van der Waals surface area contributed by atoms with Crippen LogP contribution >= 0.6 is 11.3 Å². The van der Waals surface area contributed by atoms with E-state index in [4.69, 9.17) is 9.47 Å². The Morgan fingerprint density at radius 2 is 1.79 bits per heavy atom. The molecule has 6 nitrogen and oxygen atoms in total. The van der Waals surface area contributed by atoms with Crippen LogP contribution in [0.2, 0.25) is 0 Å². The van der Waals surface area contributed by atoms with Gasteiger partial charge in [-0.05, 0) is 25.1 Å². The summed E-state index contributed by atoms with van der Waals surface area (Å²) in [5.74, 6) is 1.04. The fourth-order valence-electron chi connectivity index (χ4n) is 2.70. The lowest BCUT2D eigenvalue weighted by molar-refractivity contribution is -0.139. The molecule has 2 heterocycles. The number of thiazole rings is 1. The molecular weight excluding hydrogens is 328 g/mol. The number of hydrogen-bond acceptors (Lipinski definition) is 6. The number of benzene rings is 1. The Hall–Kier alpha value is -2.41. The van der Waals surface area contributed by atoms with Crippen LogP contribution in [0.5, 0.6) is 11.5 Å². The van der Waals surface area contributed by atoms with Gasteiger partial charge in [0.25, 0.3) is 0 Å². The molecule has 0 N–H and O–H groups in total. The van der Waals surface area contributed by atoms with E-state index < -0.39 is 0 Å². The van der Waals surface area contributed by atoms with Crippen molar-refractivity contribution in [2.75, 3.05) is 14.2 Å². The normalized spacial score (nSPS) is 14.4. The molecule has 0 aliphatic carbocycles. The van der Waals surface area contributed by atoms with E-state index in [1.165, 1.54) is 16.2 Å². The van der Waals surface area contributed by atoms with Crippen molar-refractivity contribution < 1.29 is 19.1 Å². The molecule has 1 aromatic carbocycles. The molecule has 1 aliphatic heterocycles. The number of carbonyl (C=O) groups is 2. The van der Waals surface area contributed by atoms with Crippen molar-refractivity contribution >= 4 is 23.2 Å². The SMILES string of the molecule is COc1ccc(-c2nc(CN3C(=O)CCC3=O)sc2C)cc1OC. The van der Waals surface area contributed by atoms with Gasteiger partial charge in [-0.25, -0.2) is 4.98 Å².